The van der Waals surface area contributed by atoms with E-state index in [0.29, 0.717) is 16.8 Å². The molecule has 3 heteroatoms. The summed E-state index contributed by atoms with van der Waals surface area (Å²) in [5.41, 5.74) is 1.99. The summed E-state index contributed by atoms with van der Waals surface area (Å²) in [6.45, 7) is 1.78. The SMILES string of the molecule is Cc1cc(F)ccc1C(O)c1nccc2ccccc12. The lowest BCUT2D eigenvalue weighted by Crippen LogP contribution is -2.05. The highest BCUT2D eigenvalue weighted by Crippen LogP contribution is 2.28. The van der Waals surface area contributed by atoms with Crippen LogP contribution in [0.1, 0.15) is 22.9 Å². The molecule has 0 saturated heterocycles. The Morgan fingerprint density at radius 1 is 1.10 bits per heavy atom. The number of aliphatic hydroxyl groups is 1. The molecule has 100 valence electrons. The summed E-state index contributed by atoms with van der Waals surface area (Å²) in [4.78, 5) is 4.30. The Hall–Kier alpha value is -2.26. The van der Waals surface area contributed by atoms with Crippen LogP contribution >= 0.6 is 0 Å². The molecule has 1 heterocycles. The monoisotopic (exact) mass is 267 g/mol. The molecule has 0 aliphatic carbocycles. The van der Waals surface area contributed by atoms with Crippen molar-refractivity contribution in [2.45, 2.75) is 13.0 Å². The van der Waals surface area contributed by atoms with E-state index in [1.807, 2.05) is 30.3 Å². The van der Waals surface area contributed by atoms with Crippen LogP contribution in [0.15, 0.2) is 54.7 Å². The molecule has 0 spiro atoms. The fourth-order valence-electron chi connectivity index (χ4n) is 2.45. The van der Waals surface area contributed by atoms with Crippen LogP contribution in [-0.2, 0) is 0 Å². The van der Waals surface area contributed by atoms with Crippen molar-refractivity contribution in [3.05, 3.63) is 77.4 Å². The number of hydrogen-bond acceptors (Lipinski definition) is 2. The van der Waals surface area contributed by atoms with E-state index >= 15 is 0 Å². The van der Waals surface area contributed by atoms with Crippen molar-refractivity contribution < 1.29 is 9.50 Å². The highest BCUT2D eigenvalue weighted by molar-refractivity contribution is 5.84. The van der Waals surface area contributed by atoms with Gasteiger partial charge in [-0.05, 0) is 41.6 Å². The quantitative estimate of drug-likeness (QED) is 0.766. The zero-order chi connectivity index (χ0) is 14.1. The number of benzene rings is 2. The van der Waals surface area contributed by atoms with Crippen LogP contribution < -0.4 is 0 Å². The smallest absolute Gasteiger partial charge is 0.123 e. The zero-order valence-electron chi connectivity index (χ0n) is 11.0. The summed E-state index contributed by atoms with van der Waals surface area (Å²) in [6, 6.07) is 14.1. The van der Waals surface area contributed by atoms with Crippen LogP contribution in [0.25, 0.3) is 10.8 Å². The van der Waals surface area contributed by atoms with Crippen LogP contribution in [0, 0.1) is 12.7 Å². The molecule has 1 N–H and O–H groups in total. The third-order valence-corrected chi connectivity index (χ3v) is 3.49. The summed E-state index contributed by atoms with van der Waals surface area (Å²) in [6.07, 6.45) is 0.821. The molecule has 0 radical (unpaired) electrons. The van der Waals surface area contributed by atoms with Gasteiger partial charge in [-0.2, -0.15) is 0 Å². The second-order valence-electron chi connectivity index (χ2n) is 4.82. The van der Waals surface area contributed by atoms with E-state index in [1.54, 1.807) is 19.2 Å². The van der Waals surface area contributed by atoms with Gasteiger partial charge in [-0.1, -0.05) is 30.3 Å². The molecular weight excluding hydrogens is 253 g/mol. The first-order valence-corrected chi connectivity index (χ1v) is 6.44. The van der Waals surface area contributed by atoms with E-state index in [9.17, 15) is 9.50 Å². The summed E-state index contributed by atoms with van der Waals surface area (Å²) in [5, 5.41) is 12.5. The molecule has 0 amide bonds. The average Bonchev–Trinajstić information content (AvgIpc) is 2.46. The molecule has 0 bridgehead atoms. The topological polar surface area (TPSA) is 33.1 Å². The number of fused-ring (bicyclic) bond motifs is 1. The zero-order valence-corrected chi connectivity index (χ0v) is 11.0. The maximum Gasteiger partial charge on any atom is 0.123 e. The minimum atomic E-state index is -0.860. The van der Waals surface area contributed by atoms with Crippen molar-refractivity contribution in [3.8, 4) is 0 Å². The molecule has 1 atom stereocenters. The first-order valence-electron chi connectivity index (χ1n) is 6.44. The maximum atomic E-state index is 13.2. The van der Waals surface area contributed by atoms with Gasteiger partial charge in [-0.3, -0.25) is 4.98 Å². The van der Waals surface area contributed by atoms with E-state index < -0.39 is 6.10 Å². The highest BCUT2D eigenvalue weighted by atomic mass is 19.1. The molecule has 0 saturated carbocycles. The molecule has 2 aromatic carbocycles. The van der Waals surface area contributed by atoms with Crippen LogP contribution in [-0.4, -0.2) is 10.1 Å². The van der Waals surface area contributed by atoms with Crippen LogP contribution in [0.5, 0.6) is 0 Å². The first kappa shape index (κ1) is 12.8. The molecule has 3 rings (SSSR count). The number of hydrogen-bond donors (Lipinski definition) is 1. The summed E-state index contributed by atoms with van der Waals surface area (Å²) >= 11 is 0. The fourth-order valence-corrected chi connectivity index (χ4v) is 2.45. The first-order chi connectivity index (χ1) is 9.66. The summed E-state index contributed by atoms with van der Waals surface area (Å²) in [7, 11) is 0. The Labute approximate surface area is 116 Å². The second kappa shape index (κ2) is 5.02. The van der Waals surface area contributed by atoms with Gasteiger partial charge in [0.1, 0.15) is 11.9 Å². The third kappa shape index (κ3) is 2.17. The van der Waals surface area contributed by atoms with Crippen molar-refractivity contribution in [1.82, 2.24) is 4.98 Å². The molecule has 3 aromatic rings. The van der Waals surface area contributed by atoms with Gasteiger partial charge in [0.25, 0.3) is 0 Å². The normalized spacial score (nSPS) is 12.6. The summed E-state index contributed by atoms with van der Waals surface area (Å²) in [5.74, 6) is -0.302. The average molecular weight is 267 g/mol. The summed E-state index contributed by atoms with van der Waals surface area (Å²) < 4.78 is 13.2. The number of pyridine rings is 1. The van der Waals surface area contributed by atoms with Crippen molar-refractivity contribution >= 4 is 10.8 Å². The molecule has 20 heavy (non-hydrogen) atoms. The molecule has 2 nitrogen and oxygen atoms in total. The lowest BCUT2D eigenvalue weighted by molar-refractivity contribution is 0.216. The van der Waals surface area contributed by atoms with Crippen LogP contribution in [0.3, 0.4) is 0 Å². The van der Waals surface area contributed by atoms with Gasteiger partial charge in [0, 0.05) is 11.6 Å². The van der Waals surface area contributed by atoms with Crippen LogP contribution in [0.4, 0.5) is 4.39 Å². The van der Waals surface area contributed by atoms with E-state index in [2.05, 4.69) is 4.98 Å². The van der Waals surface area contributed by atoms with Gasteiger partial charge in [0.15, 0.2) is 0 Å². The van der Waals surface area contributed by atoms with Gasteiger partial charge < -0.3 is 5.11 Å². The van der Waals surface area contributed by atoms with Gasteiger partial charge in [0.05, 0.1) is 5.69 Å². The Bertz CT molecular complexity index is 765. The van der Waals surface area contributed by atoms with Gasteiger partial charge >= 0.3 is 0 Å². The number of aryl methyl sites for hydroxylation is 1. The van der Waals surface area contributed by atoms with Crippen molar-refractivity contribution in [2.24, 2.45) is 0 Å². The molecular formula is C17H14FNO. The fraction of sp³-hybridized carbons (Fsp3) is 0.118. The minimum absolute atomic E-state index is 0.302. The Morgan fingerprint density at radius 3 is 2.70 bits per heavy atom. The number of nitrogens with zero attached hydrogens (tertiary/aromatic N) is 1. The van der Waals surface area contributed by atoms with E-state index in [1.165, 1.54) is 12.1 Å². The highest BCUT2D eigenvalue weighted by Gasteiger charge is 2.17. The molecule has 1 unspecified atom stereocenters. The van der Waals surface area contributed by atoms with Gasteiger partial charge in [-0.15, -0.1) is 0 Å². The number of aromatic nitrogens is 1. The lowest BCUT2D eigenvalue weighted by atomic mass is 9.97. The third-order valence-electron chi connectivity index (χ3n) is 3.49. The minimum Gasteiger partial charge on any atom is -0.382 e. The second-order valence-corrected chi connectivity index (χ2v) is 4.82. The Balaban J connectivity index is 2.15. The standard InChI is InChI=1S/C17H14FNO/c1-11-10-13(18)6-7-14(11)17(20)16-15-5-3-2-4-12(15)8-9-19-16/h2-10,17,20H,1H3. The van der Waals surface area contributed by atoms with E-state index in [-0.39, 0.29) is 5.82 Å². The Kier molecular flexibility index (Phi) is 3.20. The Morgan fingerprint density at radius 2 is 1.90 bits per heavy atom. The molecule has 0 fully saturated rings. The van der Waals surface area contributed by atoms with Gasteiger partial charge in [-0.25, -0.2) is 4.39 Å². The van der Waals surface area contributed by atoms with E-state index in [0.717, 1.165) is 10.8 Å². The molecule has 1 aromatic heterocycles. The van der Waals surface area contributed by atoms with E-state index in [4.69, 9.17) is 0 Å². The molecule has 0 aliphatic rings. The van der Waals surface area contributed by atoms with Crippen molar-refractivity contribution in [3.63, 3.8) is 0 Å². The largest absolute Gasteiger partial charge is 0.382 e. The van der Waals surface area contributed by atoms with Gasteiger partial charge in [0.2, 0.25) is 0 Å². The maximum absolute atomic E-state index is 13.2. The number of halogens is 1. The predicted molar refractivity (Wildman–Crippen MR) is 76.9 cm³/mol. The number of rotatable bonds is 2. The predicted octanol–water partition coefficient (Wildman–Crippen LogP) is 3.76. The van der Waals surface area contributed by atoms with Crippen LogP contribution in [0.2, 0.25) is 0 Å². The van der Waals surface area contributed by atoms with Crippen molar-refractivity contribution in [2.75, 3.05) is 0 Å². The molecule has 0 aliphatic heterocycles. The lowest BCUT2D eigenvalue weighted by Gasteiger charge is -2.15. The van der Waals surface area contributed by atoms with Crippen molar-refractivity contribution in [1.29, 1.82) is 0 Å². The number of aliphatic hydroxyl groups excluding tert-OH is 1.